The summed E-state index contributed by atoms with van der Waals surface area (Å²) in [6, 6.07) is 10.2. The maximum Gasteiger partial charge on any atom is 0.271 e. The third kappa shape index (κ3) is 4.07. The van der Waals surface area contributed by atoms with Gasteiger partial charge in [0, 0.05) is 11.6 Å². The average Bonchev–Trinajstić information content (AvgIpc) is 3.43. The fourth-order valence-electron chi connectivity index (χ4n) is 3.35. The molecular formula is C20H22N2O4S2. The van der Waals surface area contributed by atoms with Crippen molar-refractivity contribution in [1.82, 2.24) is 4.98 Å². The fourth-order valence-corrected chi connectivity index (χ4v) is 5.66. The topological polar surface area (TPSA) is 81.4 Å². The van der Waals surface area contributed by atoms with Crippen LogP contribution in [0.2, 0.25) is 0 Å². The van der Waals surface area contributed by atoms with Gasteiger partial charge in [-0.15, -0.1) is 11.3 Å². The highest BCUT2D eigenvalue weighted by molar-refractivity contribution is 7.94. The lowest BCUT2D eigenvalue weighted by atomic mass is 10.1. The van der Waals surface area contributed by atoms with Crippen LogP contribution in [-0.4, -0.2) is 20.0 Å². The lowest BCUT2D eigenvalue weighted by Crippen LogP contribution is -2.11. The zero-order chi connectivity index (χ0) is 19.6. The number of nitrogens with zero attached hydrogens (tertiary/aromatic N) is 1. The second kappa shape index (κ2) is 7.97. The minimum absolute atomic E-state index is 0.232. The highest BCUT2D eigenvalue weighted by Crippen LogP contribution is 2.37. The zero-order valence-electron chi connectivity index (χ0n) is 15.6. The van der Waals surface area contributed by atoms with Gasteiger partial charge in [0.2, 0.25) is 0 Å². The van der Waals surface area contributed by atoms with E-state index in [0.29, 0.717) is 29.7 Å². The number of oxazole rings is 1. The third-order valence-corrected chi connectivity index (χ3v) is 7.71. The van der Waals surface area contributed by atoms with Gasteiger partial charge in [0.25, 0.3) is 10.0 Å². The number of sulfonamides is 1. The van der Waals surface area contributed by atoms with Crippen molar-refractivity contribution in [2.45, 2.75) is 42.7 Å². The van der Waals surface area contributed by atoms with Crippen LogP contribution in [0.25, 0.3) is 10.6 Å². The molecule has 2 aromatic heterocycles. The molecule has 148 valence electrons. The summed E-state index contributed by atoms with van der Waals surface area (Å²) in [4.78, 5) is 5.15. The van der Waals surface area contributed by atoms with E-state index in [2.05, 4.69) is 9.71 Å². The second-order valence-corrected chi connectivity index (χ2v) is 9.72. The lowest BCUT2D eigenvalue weighted by Gasteiger charge is -2.07. The normalized spacial score (nSPS) is 15.0. The first-order valence-electron chi connectivity index (χ1n) is 9.37. The van der Waals surface area contributed by atoms with Gasteiger partial charge in [0.1, 0.15) is 9.96 Å². The SMILES string of the molecule is CCOc1ccc(NS(=O)(=O)c2ccc(-c3cnc(C4CCCC4)o3)s2)cc1. The molecule has 0 saturated heterocycles. The van der Waals surface area contributed by atoms with Crippen molar-refractivity contribution in [3.05, 3.63) is 48.5 Å². The molecule has 1 aliphatic carbocycles. The monoisotopic (exact) mass is 418 g/mol. The van der Waals surface area contributed by atoms with Crippen LogP contribution in [0.3, 0.4) is 0 Å². The molecule has 8 heteroatoms. The van der Waals surface area contributed by atoms with Gasteiger partial charge in [-0.3, -0.25) is 4.72 Å². The molecular weight excluding hydrogens is 396 g/mol. The Balaban J connectivity index is 1.49. The van der Waals surface area contributed by atoms with Crippen LogP contribution in [0, 0.1) is 0 Å². The highest BCUT2D eigenvalue weighted by Gasteiger charge is 2.23. The van der Waals surface area contributed by atoms with E-state index in [0.717, 1.165) is 23.6 Å². The predicted octanol–water partition coefficient (Wildman–Crippen LogP) is 5.26. The van der Waals surface area contributed by atoms with E-state index >= 15 is 0 Å². The molecule has 1 fully saturated rings. The number of nitrogens with one attached hydrogen (secondary N) is 1. The van der Waals surface area contributed by atoms with Crippen LogP contribution in [0.5, 0.6) is 5.75 Å². The molecule has 0 radical (unpaired) electrons. The van der Waals surface area contributed by atoms with Crippen molar-refractivity contribution in [2.75, 3.05) is 11.3 Å². The minimum atomic E-state index is -3.67. The van der Waals surface area contributed by atoms with Gasteiger partial charge in [0.15, 0.2) is 11.7 Å². The Hall–Kier alpha value is -2.32. The summed E-state index contributed by atoms with van der Waals surface area (Å²) >= 11 is 1.17. The third-order valence-electron chi connectivity index (χ3n) is 4.73. The molecule has 28 heavy (non-hydrogen) atoms. The number of thiophene rings is 1. The van der Waals surface area contributed by atoms with Gasteiger partial charge in [-0.05, 0) is 56.2 Å². The first-order valence-corrected chi connectivity index (χ1v) is 11.7. The summed E-state index contributed by atoms with van der Waals surface area (Å²) < 4.78 is 39.5. The van der Waals surface area contributed by atoms with Crippen LogP contribution >= 0.6 is 11.3 Å². The Labute approximate surface area is 168 Å². The van der Waals surface area contributed by atoms with Crippen molar-refractivity contribution in [1.29, 1.82) is 0 Å². The molecule has 0 unspecified atom stereocenters. The minimum Gasteiger partial charge on any atom is -0.494 e. The van der Waals surface area contributed by atoms with E-state index in [1.807, 2.05) is 6.92 Å². The van der Waals surface area contributed by atoms with Crippen LogP contribution in [0.1, 0.15) is 44.4 Å². The lowest BCUT2D eigenvalue weighted by molar-refractivity contribution is 0.340. The van der Waals surface area contributed by atoms with E-state index < -0.39 is 10.0 Å². The highest BCUT2D eigenvalue weighted by atomic mass is 32.2. The van der Waals surface area contributed by atoms with Crippen LogP contribution in [-0.2, 0) is 10.0 Å². The molecule has 2 heterocycles. The van der Waals surface area contributed by atoms with Gasteiger partial charge in [-0.25, -0.2) is 13.4 Å². The summed E-state index contributed by atoms with van der Waals surface area (Å²) in [7, 11) is -3.67. The molecule has 0 atom stereocenters. The predicted molar refractivity (Wildman–Crippen MR) is 109 cm³/mol. The second-order valence-electron chi connectivity index (χ2n) is 6.73. The number of aromatic nitrogens is 1. The average molecular weight is 419 g/mol. The first-order chi connectivity index (χ1) is 13.5. The largest absolute Gasteiger partial charge is 0.494 e. The number of anilines is 1. The van der Waals surface area contributed by atoms with Crippen LogP contribution in [0.4, 0.5) is 5.69 Å². The smallest absolute Gasteiger partial charge is 0.271 e. The summed E-state index contributed by atoms with van der Waals surface area (Å²) in [6.07, 6.45) is 6.32. The Morgan fingerprint density at radius 1 is 1.18 bits per heavy atom. The number of rotatable bonds is 7. The quantitative estimate of drug-likeness (QED) is 0.566. The van der Waals surface area contributed by atoms with Gasteiger partial charge in [0.05, 0.1) is 17.7 Å². The zero-order valence-corrected chi connectivity index (χ0v) is 17.2. The Morgan fingerprint density at radius 2 is 1.93 bits per heavy atom. The molecule has 1 saturated carbocycles. The molecule has 1 aromatic carbocycles. The molecule has 1 N–H and O–H groups in total. The maximum absolute atomic E-state index is 12.7. The van der Waals surface area contributed by atoms with E-state index in [4.69, 9.17) is 9.15 Å². The van der Waals surface area contributed by atoms with Crippen molar-refractivity contribution >= 4 is 27.0 Å². The van der Waals surface area contributed by atoms with Gasteiger partial charge in [-0.2, -0.15) is 0 Å². The number of hydrogen-bond acceptors (Lipinski definition) is 6. The van der Waals surface area contributed by atoms with Gasteiger partial charge in [-0.1, -0.05) is 12.8 Å². The molecule has 0 aliphatic heterocycles. The van der Waals surface area contributed by atoms with E-state index in [9.17, 15) is 8.42 Å². The maximum atomic E-state index is 12.7. The molecule has 0 amide bonds. The number of hydrogen-bond donors (Lipinski definition) is 1. The number of benzene rings is 1. The molecule has 1 aliphatic rings. The summed E-state index contributed by atoms with van der Waals surface area (Å²) in [5.74, 6) is 2.47. The van der Waals surface area contributed by atoms with Crippen LogP contribution < -0.4 is 9.46 Å². The molecule has 0 bridgehead atoms. The standard InChI is InChI=1S/C20H22N2O4S2/c1-2-25-16-9-7-15(8-10-16)22-28(23,24)19-12-11-18(27-19)17-13-21-20(26-17)14-5-3-4-6-14/h7-14,22H,2-6H2,1H3. The van der Waals surface area contributed by atoms with Crippen molar-refractivity contribution in [3.8, 4) is 16.4 Å². The summed E-state index contributed by atoms with van der Waals surface area (Å²) in [5.41, 5.74) is 0.488. The van der Waals surface area contributed by atoms with Crippen molar-refractivity contribution < 1.29 is 17.6 Å². The Morgan fingerprint density at radius 3 is 2.64 bits per heavy atom. The van der Waals surface area contributed by atoms with E-state index in [-0.39, 0.29) is 4.21 Å². The van der Waals surface area contributed by atoms with Crippen molar-refractivity contribution in [2.24, 2.45) is 0 Å². The number of ether oxygens (including phenoxy) is 1. The van der Waals surface area contributed by atoms with Gasteiger partial charge < -0.3 is 9.15 Å². The van der Waals surface area contributed by atoms with Crippen molar-refractivity contribution in [3.63, 3.8) is 0 Å². The Kier molecular flexibility index (Phi) is 5.41. The summed E-state index contributed by atoms with van der Waals surface area (Å²) in [6.45, 7) is 2.46. The molecule has 0 spiro atoms. The fraction of sp³-hybridized carbons (Fsp3) is 0.350. The summed E-state index contributed by atoms with van der Waals surface area (Å²) in [5, 5.41) is 0. The molecule has 3 aromatic rings. The molecule has 6 nitrogen and oxygen atoms in total. The van der Waals surface area contributed by atoms with Gasteiger partial charge >= 0.3 is 0 Å². The first kappa shape index (κ1) is 19.0. The van der Waals surface area contributed by atoms with Crippen LogP contribution in [0.15, 0.2) is 51.2 Å². The Bertz CT molecular complexity index is 1030. The van der Waals surface area contributed by atoms with E-state index in [1.165, 1.54) is 24.2 Å². The molecule has 4 rings (SSSR count). The van der Waals surface area contributed by atoms with E-state index in [1.54, 1.807) is 42.6 Å².